The number of rotatable bonds is 6. The number of methoxy groups -OCH3 is 2. The number of hydrogen-bond donors (Lipinski definition) is 1. The first-order chi connectivity index (χ1) is 14.2. The van der Waals surface area contributed by atoms with E-state index in [0.29, 0.717) is 5.02 Å². The number of nitrogens with zero attached hydrogens (tertiary/aromatic N) is 3. The third kappa shape index (κ3) is 4.49. The number of benzene rings is 2. The van der Waals surface area contributed by atoms with Crippen molar-refractivity contribution in [1.82, 2.24) is 14.9 Å². The Bertz CT molecular complexity index is 967. The van der Waals surface area contributed by atoms with Crippen LogP contribution >= 0.6 is 11.6 Å². The maximum Gasteiger partial charge on any atom is 0.141 e. The number of hydrogen-bond acceptors (Lipinski definition) is 5. The fourth-order valence-electron chi connectivity index (χ4n) is 3.65. The molecule has 0 amide bonds. The van der Waals surface area contributed by atoms with Crippen LogP contribution in [0.4, 0.5) is 5.69 Å². The Kier molecular flexibility index (Phi) is 5.92. The number of aromatic nitrogens is 2. The summed E-state index contributed by atoms with van der Waals surface area (Å²) in [6.45, 7) is 4.78. The lowest BCUT2D eigenvalue weighted by Gasteiger charge is -2.36. The van der Waals surface area contributed by atoms with Gasteiger partial charge >= 0.3 is 0 Å². The molecule has 1 aliphatic rings. The van der Waals surface area contributed by atoms with E-state index in [1.54, 1.807) is 14.2 Å². The molecule has 0 bridgehead atoms. The Hall–Kier alpha value is -2.70. The van der Waals surface area contributed by atoms with Crippen molar-refractivity contribution in [2.24, 2.45) is 0 Å². The van der Waals surface area contributed by atoms with Crippen LogP contribution in [-0.4, -0.2) is 55.3 Å². The Morgan fingerprint density at radius 2 is 1.86 bits per heavy atom. The molecule has 4 rings (SSSR count). The molecule has 0 spiro atoms. The van der Waals surface area contributed by atoms with Crippen molar-refractivity contribution in [3.05, 3.63) is 59.4 Å². The van der Waals surface area contributed by atoms with E-state index >= 15 is 0 Å². The van der Waals surface area contributed by atoms with Gasteiger partial charge in [0.15, 0.2) is 0 Å². The van der Waals surface area contributed by atoms with Gasteiger partial charge in [-0.15, -0.1) is 0 Å². The number of halogens is 1. The molecule has 0 aliphatic carbocycles. The predicted octanol–water partition coefficient (Wildman–Crippen LogP) is 4.07. The zero-order valence-electron chi connectivity index (χ0n) is 16.7. The topological polar surface area (TPSA) is 53.6 Å². The van der Waals surface area contributed by atoms with E-state index in [0.717, 1.165) is 61.3 Å². The molecule has 0 unspecified atom stereocenters. The van der Waals surface area contributed by atoms with Crippen LogP contribution in [-0.2, 0) is 6.54 Å². The van der Waals surface area contributed by atoms with Crippen LogP contribution in [0.2, 0.25) is 5.02 Å². The smallest absolute Gasteiger partial charge is 0.141 e. The first kappa shape index (κ1) is 19.6. The van der Waals surface area contributed by atoms with Crippen molar-refractivity contribution in [2.45, 2.75) is 6.54 Å². The highest BCUT2D eigenvalue weighted by atomic mass is 35.5. The van der Waals surface area contributed by atoms with Crippen molar-refractivity contribution in [3.63, 3.8) is 0 Å². The summed E-state index contributed by atoms with van der Waals surface area (Å²) in [5, 5.41) is 0.660. The molecular formula is C22H25ClN4O2. The molecule has 152 valence electrons. The molecular weight excluding hydrogens is 388 g/mol. The molecule has 1 fully saturated rings. The summed E-state index contributed by atoms with van der Waals surface area (Å²) in [6.07, 6.45) is 1.89. The summed E-state index contributed by atoms with van der Waals surface area (Å²) in [6, 6.07) is 13.8. The van der Waals surface area contributed by atoms with Crippen LogP contribution in [0.25, 0.3) is 11.4 Å². The summed E-state index contributed by atoms with van der Waals surface area (Å²) in [7, 11) is 3.35. The molecule has 3 aromatic rings. The van der Waals surface area contributed by atoms with E-state index in [9.17, 15) is 0 Å². The number of anilines is 1. The van der Waals surface area contributed by atoms with Crippen LogP contribution in [0, 0.1) is 0 Å². The lowest BCUT2D eigenvalue weighted by molar-refractivity contribution is 0.247. The number of piperazine rings is 1. The minimum atomic E-state index is 0.660. The number of H-pyrrole nitrogens is 1. The molecule has 2 aromatic carbocycles. The molecule has 7 heteroatoms. The zero-order valence-corrected chi connectivity index (χ0v) is 17.4. The maximum absolute atomic E-state index is 6.15. The second-order valence-electron chi connectivity index (χ2n) is 7.07. The first-order valence-corrected chi connectivity index (χ1v) is 10.0. The molecule has 1 saturated heterocycles. The average molecular weight is 413 g/mol. The predicted molar refractivity (Wildman–Crippen MR) is 116 cm³/mol. The lowest BCUT2D eigenvalue weighted by atomic mass is 10.2. The van der Waals surface area contributed by atoms with Gasteiger partial charge in [0, 0.05) is 61.4 Å². The van der Waals surface area contributed by atoms with E-state index < -0.39 is 0 Å². The van der Waals surface area contributed by atoms with Gasteiger partial charge in [0.25, 0.3) is 0 Å². The van der Waals surface area contributed by atoms with Crippen molar-refractivity contribution in [1.29, 1.82) is 0 Å². The van der Waals surface area contributed by atoms with Gasteiger partial charge in [0.05, 0.1) is 19.8 Å². The largest absolute Gasteiger partial charge is 0.497 e. The van der Waals surface area contributed by atoms with Crippen molar-refractivity contribution < 1.29 is 9.47 Å². The third-order valence-electron chi connectivity index (χ3n) is 5.23. The molecule has 1 aliphatic heterocycles. The molecule has 0 radical (unpaired) electrons. The standard InChI is InChI=1S/C22H25ClN4O2/c1-28-19-5-3-4-18(13-19)27-10-8-26(9-11-27)15-17-14-24-22(25-17)20-12-16(23)6-7-21(20)29-2/h3-7,12-14H,8-11,15H2,1-2H3,(H,24,25). The van der Waals surface area contributed by atoms with Gasteiger partial charge in [-0.1, -0.05) is 17.7 Å². The fraction of sp³-hybridized carbons (Fsp3) is 0.318. The monoisotopic (exact) mass is 412 g/mol. The summed E-state index contributed by atoms with van der Waals surface area (Å²) in [5.41, 5.74) is 3.16. The molecule has 6 nitrogen and oxygen atoms in total. The quantitative estimate of drug-likeness (QED) is 0.661. The Balaban J connectivity index is 1.39. The van der Waals surface area contributed by atoms with Crippen molar-refractivity contribution >= 4 is 17.3 Å². The SMILES string of the molecule is COc1cccc(N2CCN(Cc3cnc(-c4cc(Cl)ccc4OC)[nH]3)CC2)c1. The van der Waals surface area contributed by atoms with Gasteiger partial charge in [-0.3, -0.25) is 4.90 Å². The fourth-order valence-corrected chi connectivity index (χ4v) is 3.83. The van der Waals surface area contributed by atoms with E-state index in [-0.39, 0.29) is 0 Å². The average Bonchev–Trinajstić information content (AvgIpc) is 3.22. The third-order valence-corrected chi connectivity index (χ3v) is 5.46. The Morgan fingerprint density at radius 3 is 2.62 bits per heavy atom. The number of aromatic amines is 1. The zero-order chi connectivity index (χ0) is 20.2. The van der Waals surface area contributed by atoms with Crippen LogP contribution < -0.4 is 14.4 Å². The lowest BCUT2D eigenvalue weighted by Crippen LogP contribution is -2.46. The second-order valence-corrected chi connectivity index (χ2v) is 7.50. The van der Waals surface area contributed by atoms with Crippen LogP contribution in [0.5, 0.6) is 11.5 Å². The molecule has 1 N–H and O–H groups in total. The summed E-state index contributed by atoms with van der Waals surface area (Å²) in [4.78, 5) is 12.8. The van der Waals surface area contributed by atoms with E-state index in [1.807, 2.05) is 36.5 Å². The molecule has 0 saturated carbocycles. The van der Waals surface area contributed by atoms with Crippen LogP contribution in [0.15, 0.2) is 48.7 Å². The highest BCUT2D eigenvalue weighted by Gasteiger charge is 2.19. The van der Waals surface area contributed by atoms with Crippen molar-refractivity contribution in [3.8, 4) is 22.9 Å². The van der Waals surface area contributed by atoms with Gasteiger partial charge in [-0.05, 0) is 30.3 Å². The maximum atomic E-state index is 6.15. The molecule has 29 heavy (non-hydrogen) atoms. The highest BCUT2D eigenvalue weighted by molar-refractivity contribution is 6.30. The summed E-state index contributed by atoms with van der Waals surface area (Å²) >= 11 is 6.15. The molecule has 1 aromatic heterocycles. The Labute approximate surface area is 176 Å². The summed E-state index contributed by atoms with van der Waals surface area (Å²) < 4.78 is 10.8. The van der Waals surface area contributed by atoms with Crippen molar-refractivity contribution in [2.75, 3.05) is 45.3 Å². The second kappa shape index (κ2) is 8.76. The number of nitrogens with one attached hydrogen (secondary N) is 1. The summed E-state index contributed by atoms with van der Waals surface area (Å²) in [5.74, 6) is 2.42. The normalized spacial score (nSPS) is 14.8. The van der Waals surface area contributed by atoms with Crippen LogP contribution in [0.3, 0.4) is 0 Å². The molecule has 0 atom stereocenters. The van der Waals surface area contributed by atoms with E-state index in [1.165, 1.54) is 5.69 Å². The van der Waals surface area contributed by atoms with E-state index in [4.69, 9.17) is 21.1 Å². The Morgan fingerprint density at radius 1 is 1.03 bits per heavy atom. The number of ether oxygens (including phenoxy) is 2. The molecule has 2 heterocycles. The van der Waals surface area contributed by atoms with Gasteiger partial charge in [-0.2, -0.15) is 0 Å². The van der Waals surface area contributed by atoms with Gasteiger partial charge in [-0.25, -0.2) is 4.98 Å². The highest BCUT2D eigenvalue weighted by Crippen LogP contribution is 2.30. The van der Waals surface area contributed by atoms with Gasteiger partial charge < -0.3 is 19.4 Å². The number of imidazole rings is 1. The van der Waals surface area contributed by atoms with E-state index in [2.05, 4.69) is 31.9 Å². The van der Waals surface area contributed by atoms with Crippen LogP contribution in [0.1, 0.15) is 5.69 Å². The minimum absolute atomic E-state index is 0.660. The minimum Gasteiger partial charge on any atom is -0.497 e. The first-order valence-electron chi connectivity index (χ1n) is 9.65. The van der Waals surface area contributed by atoms with Gasteiger partial charge in [0.2, 0.25) is 0 Å². The van der Waals surface area contributed by atoms with Gasteiger partial charge in [0.1, 0.15) is 17.3 Å².